The highest BCUT2D eigenvalue weighted by Gasteiger charge is 2.15. The number of hydrogen-bond donors (Lipinski definition) is 0. The number of nitrogens with zero attached hydrogens (tertiary/aromatic N) is 1. The molecule has 3 heterocycles. The maximum absolute atomic E-state index is 2.41. The number of thiophene rings is 2. The molecule has 9 rings (SSSR count). The average molecular weight is 532 g/mol. The Hall–Kier alpha value is -4.44. The zero-order valence-corrected chi connectivity index (χ0v) is 22.5. The smallest absolute Gasteiger partial charge is 0.0541 e. The van der Waals surface area contributed by atoms with Gasteiger partial charge in [-0.2, -0.15) is 0 Å². The van der Waals surface area contributed by atoms with Crippen LogP contribution in [0.25, 0.3) is 79.0 Å². The number of benzene rings is 6. The summed E-state index contributed by atoms with van der Waals surface area (Å²) in [5.74, 6) is 0. The van der Waals surface area contributed by atoms with E-state index in [1.807, 2.05) is 22.7 Å². The quantitative estimate of drug-likeness (QED) is 0.209. The average Bonchev–Trinajstić information content (AvgIpc) is 3.65. The first kappa shape index (κ1) is 21.5. The molecule has 0 unspecified atom stereocenters. The fraction of sp³-hybridized carbons (Fsp3) is 0. The van der Waals surface area contributed by atoms with Gasteiger partial charge < -0.3 is 4.57 Å². The first-order valence-electron chi connectivity index (χ1n) is 13.2. The molecular formula is C36H21NS2. The lowest BCUT2D eigenvalue weighted by Crippen LogP contribution is -1.92. The van der Waals surface area contributed by atoms with Crippen molar-refractivity contribution in [2.24, 2.45) is 0 Å². The Kier molecular flexibility index (Phi) is 4.43. The summed E-state index contributed by atoms with van der Waals surface area (Å²) in [6, 6.07) is 46.9. The van der Waals surface area contributed by atoms with Crippen molar-refractivity contribution in [3.8, 4) is 16.8 Å². The van der Waals surface area contributed by atoms with E-state index >= 15 is 0 Å². The Morgan fingerprint density at radius 1 is 0.410 bits per heavy atom. The van der Waals surface area contributed by atoms with Gasteiger partial charge in [-0.25, -0.2) is 0 Å². The van der Waals surface area contributed by atoms with Gasteiger partial charge in [-0.15, -0.1) is 22.7 Å². The maximum atomic E-state index is 2.41. The number of aromatic nitrogens is 1. The van der Waals surface area contributed by atoms with Crippen LogP contribution in [0.15, 0.2) is 127 Å². The van der Waals surface area contributed by atoms with E-state index < -0.39 is 0 Å². The van der Waals surface area contributed by atoms with Crippen LogP contribution < -0.4 is 0 Å². The van der Waals surface area contributed by atoms with E-state index in [1.54, 1.807) is 0 Å². The molecular weight excluding hydrogens is 511 g/mol. The summed E-state index contributed by atoms with van der Waals surface area (Å²) >= 11 is 3.77. The van der Waals surface area contributed by atoms with Gasteiger partial charge in [0.15, 0.2) is 0 Å². The molecule has 0 aliphatic heterocycles. The van der Waals surface area contributed by atoms with Crippen molar-refractivity contribution in [3.63, 3.8) is 0 Å². The van der Waals surface area contributed by atoms with Gasteiger partial charge in [0.1, 0.15) is 0 Å². The van der Waals surface area contributed by atoms with E-state index in [0.717, 1.165) is 0 Å². The lowest BCUT2D eigenvalue weighted by Gasteiger charge is -2.08. The monoisotopic (exact) mass is 531 g/mol. The van der Waals surface area contributed by atoms with Crippen LogP contribution in [0.1, 0.15) is 0 Å². The molecule has 0 atom stereocenters. The van der Waals surface area contributed by atoms with E-state index in [-0.39, 0.29) is 0 Å². The molecule has 0 N–H and O–H groups in total. The third-order valence-electron chi connectivity index (χ3n) is 8.01. The third-order valence-corrected chi connectivity index (χ3v) is 10.3. The van der Waals surface area contributed by atoms with Crippen molar-refractivity contribution in [1.29, 1.82) is 0 Å². The fourth-order valence-corrected chi connectivity index (χ4v) is 8.60. The lowest BCUT2D eigenvalue weighted by molar-refractivity contribution is 1.19. The highest BCUT2D eigenvalue weighted by atomic mass is 32.1. The summed E-state index contributed by atoms with van der Waals surface area (Å²) in [6.45, 7) is 0. The summed E-state index contributed by atoms with van der Waals surface area (Å²) in [7, 11) is 0. The first-order chi connectivity index (χ1) is 19.3. The highest BCUT2D eigenvalue weighted by Crippen LogP contribution is 2.43. The van der Waals surface area contributed by atoms with Crippen LogP contribution in [0.3, 0.4) is 0 Å². The third kappa shape index (κ3) is 3.06. The second kappa shape index (κ2) is 8.03. The Morgan fingerprint density at radius 2 is 1.03 bits per heavy atom. The summed E-state index contributed by atoms with van der Waals surface area (Å²) in [4.78, 5) is 0. The summed E-state index contributed by atoms with van der Waals surface area (Å²) in [5, 5.41) is 7.96. The van der Waals surface area contributed by atoms with Crippen LogP contribution in [-0.2, 0) is 0 Å². The van der Waals surface area contributed by atoms with Crippen LogP contribution in [-0.4, -0.2) is 4.57 Å². The minimum absolute atomic E-state index is 1.21. The molecule has 0 radical (unpaired) electrons. The van der Waals surface area contributed by atoms with Crippen molar-refractivity contribution >= 4 is 84.8 Å². The Morgan fingerprint density at radius 3 is 1.82 bits per heavy atom. The van der Waals surface area contributed by atoms with Gasteiger partial charge in [0.25, 0.3) is 0 Å². The van der Waals surface area contributed by atoms with Crippen LogP contribution in [0.4, 0.5) is 0 Å². The lowest BCUT2D eigenvalue weighted by atomic mass is 9.98. The molecule has 0 aliphatic rings. The summed E-state index contributed by atoms with van der Waals surface area (Å²) in [5.41, 5.74) is 6.30. The van der Waals surface area contributed by atoms with Crippen molar-refractivity contribution in [1.82, 2.24) is 4.57 Å². The number of fused-ring (bicyclic) bond motifs is 9. The molecule has 0 saturated carbocycles. The van der Waals surface area contributed by atoms with Gasteiger partial charge in [-0.3, -0.25) is 0 Å². The molecule has 0 saturated heterocycles. The predicted octanol–water partition coefficient (Wildman–Crippen LogP) is 11.2. The zero-order chi connectivity index (χ0) is 25.5. The largest absolute Gasteiger partial charge is 0.309 e. The Labute approximate surface area is 232 Å². The van der Waals surface area contributed by atoms with E-state index in [4.69, 9.17) is 0 Å². The first-order valence-corrected chi connectivity index (χ1v) is 14.8. The maximum Gasteiger partial charge on any atom is 0.0541 e. The van der Waals surface area contributed by atoms with Crippen molar-refractivity contribution in [2.75, 3.05) is 0 Å². The second-order valence-corrected chi connectivity index (χ2v) is 12.3. The summed E-state index contributed by atoms with van der Waals surface area (Å²) < 4.78 is 7.75. The van der Waals surface area contributed by atoms with Crippen molar-refractivity contribution in [2.45, 2.75) is 0 Å². The molecule has 39 heavy (non-hydrogen) atoms. The van der Waals surface area contributed by atoms with E-state index in [1.165, 1.54) is 79.0 Å². The minimum atomic E-state index is 1.21. The van der Waals surface area contributed by atoms with Gasteiger partial charge in [0.2, 0.25) is 0 Å². The van der Waals surface area contributed by atoms with E-state index in [0.29, 0.717) is 0 Å². The van der Waals surface area contributed by atoms with E-state index in [2.05, 4.69) is 132 Å². The number of para-hydroxylation sites is 2. The molecule has 1 nitrogen and oxygen atoms in total. The summed E-state index contributed by atoms with van der Waals surface area (Å²) in [6.07, 6.45) is 0. The SMILES string of the molecule is c1ccc2c(c1)sc1cccc(-c3ccc4c(c3)sc3cc(-n5c6ccccc6c6ccccc65)ccc34)c12. The van der Waals surface area contributed by atoms with Crippen LogP contribution in [0.5, 0.6) is 0 Å². The molecule has 0 amide bonds. The molecule has 3 aromatic heterocycles. The Balaban J connectivity index is 1.25. The predicted molar refractivity (Wildman–Crippen MR) is 172 cm³/mol. The standard InChI is InChI=1S/C36H21NS2/c1-4-12-30-25(8-1)26-9-2-5-13-31(26)37(30)23-17-19-28-27-18-16-22(20-34(27)39-35(28)21-23)24-11-7-15-33-36(24)29-10-3-6-14-32(29)38-33/h1-21H. The molecule has 0 fully saturated rings. The minimum Gasteiger partial charge on any atom is -0.309 e. The molecule has 6 aromatic carbocycles. The molecule has 0 spiro atoms. The second-order valence-electron chi connectivity index (χ2n) is 10.1. The molecule has 9 aromatic rings. The fourth-order valence-electron chi connectivity index (χ4n) is 6.29. The van der Waals surface area contributed by atoms with Gasteiger partial charge in [0, 0.05) is 56.8 Å². The highest BCUT2D eigenvalue weighted by molar-refractivity contribution is 7.26. The van der Waals surface area contributed by atoms with Crippen molar-refractivity contribution < 1.29 is 0 Å². The normalized spacial score (nSPS) is 12.1. The number of hydrogen-bond acceptors (Lipinski definition) is 2. The Bertz CT molecular complexity index is 2350. The molecule has 0 bridgehead atoms. The van der Waals surface area contributed by atoms with Gasteiger partial charge in [-0.1, -0.05) is 84.9 Å². The molecule has 182 valence electrons. The van der Waals surface area contributed by atoms with Crippen LogP contribution in [0, 0.1) is 0 Å². The van der Waals surface area contributed by atoms with Crippen LogP contribution in [0.2, 0.25) is 0 Å². The van der Waals surface area contributed by atoms with Gasteiger partial charge in [-0.05, 0) is 53.6 Å². The van der Waals surface area contributed by atoms with Crippen LogP contribution >= 0.6 is 22.7 Å². The van der Waals surface area contributed by atoms with Gasteiger partial charge in [0.05, 0.1) is 11.0 Å². The topological polar surface area (TPSA) is 4.93 Å². The van der Waals surface area contributed by atoms with Gasteiger partial charge >= 0.3 is 0 Å². The number of rotatable bonds is 2. The molecule has 0 aliphatic carbocycles. The van der Waals surface area contributed by atoms with E-state index in [9.17, 15) is 0 Å². The zero-order valence-electron chi connectivity index (χ0n) is 20.9. The van der Waals surface area contributed by atoms with Crippen molar-refractivity contribution in [3.05, 3.63) is 127 Å². The molecule has 3 heteroatoms.